The number of benzene rings is 1. The number of carbonyl (C=O) groups excluding carboxylic acids is 1. The van der Waals surface area contributed by atoms with E-state index in [4.69, 9.17) is 4.74 Å². The minimum atomic E-state index is -0.706. The van der Waals surface area contributed by atoms with Crippen molar-refractivity contribution in [2.45, 2.75) is 19.3 Å². The van der Waals surface area contributed by atoms with Gasteiger partial charge < -0.3 is 4.74 Å². The lowest BCUT2D eigenvalue weighted by Crippen LogP contribution is -2.21. The minimum Gasteiger partial charge on any atom is -0.419 e. The first kappa shape index (κ1) is 13.2. The van der Waals surface area contributed by atoms with Crippen LogP contribution in [0.25, 0.3) is 0 Å². The van der Waals surface area contributed by atoms with E-state index in [9.17, 15) is 19.3 Å². The lowest BCUT2D eigenvalue weighted by Gasteiger charge is -2.16. The van der Waals surface area contributed by atoms with Crippen molar-refractivity contribution in [2.24, 2.45) is 5.92 Å². The average molecular weight is 265 g/mol. The highest BCUT2D eigenvalue weighted by atomic mass is 19.1. The molecule has 0 saturated heterocycles. The molecule has 1 unspecified atom stereocenters. The number of hydrogen-bond acceptors (Lipinski definition) is 4. The second kappa shape index (κ2) is 5.60. The van der Waals surface area contributed by atoms with E-state index < -0.39 is 22.4 Å². The fourth-order valence-electron chi connectivity index (χ4n) is 1.92. The van der Waals surface area contributed by atoms with Gasteiger partial charge in [0.05, 0.1) is 10.8 Å². The molecule has 1 aromatic rings. The number of allylic oxidation sites excluding steroid dienone is 2. The van der Waals surface area contributed by atoms with Gasteiger partial charge in [-0.25, -0.2) is 4.39 Å². The van der Waals surface area contributed by atoms with Crippen LogP contribution in [0.1, 0.15) is 19.3 Å². The molecule has 1 aliphatic rings. The van der Waals surface area contributed by atoms with Gasteiger partial charge in [0.25, 0.3) is 0 Å². The monoisotopic (exact) mass is 265 g/mol. The van der Waals surface area contributed by atoms with Crippen molar-refractivity contribution in [3.63, 3.8) is 0 Å². The highest BCUT2D eigenvalue weighted by molar-refractivity contribution is 5.76. The summed E-state index contributed by atoms with van der Waals surface area (Å²) in [7, 11) is 0. The highest BCUT2D eigenvalue weighted by Crippen LogP contribution is 2.29. The summed E-state index contributed by atoms with van der Waals surface area (Å²) in [6.45, 7) is 0. The lowest BCUT2D eigenvalue weighted by molar-refractivity contribution is -0.385. The van der Waals surface area contributed by atoms with Gasteiger partial charge in [0.15, 0.2) is 0 Å². The summed E-state index contributed by atoms with van der Waals surface area (Å²) in [6.07, 6.45) is 5.79. The molecule has 0 radical (unpaired) electrons. The van der Waals surface area contributed by atoms with Gasteiger partial charge >= 0.3 is 11.7 Å². The second-order valence-corrected chi connectivity index (χ2v) is 4.27. The first-order chi connectivity index (χ1) is 9.08. The van der Waals surface area contributed by atoms with E-state index in [1.807, 2.05) is 12.2 Å². The van der Waals surface area contributed by atoms with Crippen LogP contribution >= 0.6 is 0 Å². The van der Waals surface area contributed by atoms with Gasteiger partial charge in [-0.05, 0) is 25.3 Å². The van der Waals surface area contributed by atoms with E-state index in [-0.39, 0.29) is 11.7 Å². The van der Waals surface area contributed by atoms with Crippen LogP contribution in [0.15, 0.2) is 30.4 Å². The molecule has 0 amide bonds. The van der Waals surface area contributed by atoms with Crippen LogP contribution in [-0.4, -0.2) is 10.9 Å². The van der Waals surface area contributed by atoms with Crippen molar-refractivity contribution in [1.82, 2.24) is 0 Å². The van der Waals surface area contributed by atoms with Crippen LogP contribution in [0, 0.1) is 21.8 Å². The molecule has 100 valence electrons. The van der Waals surface area contributed by atoms with E-state index in [2.05, 4.69) is 0 Å². The molecule has 6 heteroatoms. The minimum absolute atomic E-state index is 0.326. The number of rotatable bonds is 3. The van der Waals surface area contributed by atoms with E-state index in [0.717, 1.165) is 24.6 Å². The van der Waals surface area contributed by atoms with Crippen LogP contribution in [0.2, 0.25) is 0 Å². The summed E-state index contributed by atoms with van der Waals surface area (Å²) in [5, 5.41) is 10.8. The number of hydrogen-bond donors (Lipinski definition) is 0. The summed E-state index contributed by atoms with van der Waals surface area (Å²) in [5.74, 6) is -1.91. The maximum absolute atomic E-state index is 13.1. The third-order valence-corrected chi connectivity index (χ3v) is 2.93. The van der Waals surface area contributed by atoms with Crippen molar-refractivity contribution in [1.29, 1.82) is 0 Å². The van der Waals surface area contributed by atoms with Gasteiger partial charge in [-0.3, -0.25) is 14.9 Å². The Kier molecular flexibility index (Phi) is 3.89. The van der Waals surface area contributed by atoms with Crippen molar-refractivity contribution in [3.8, 4) is 5.75 Å². The summed E-state index contributed by atoms with van der Waals surface area (Å²) >= 11 is 0. The maximum Gasteiger partial charge on any atom is 0.314 e. The summed E-state index contributed by atoms with van der Waals surface area (Å²) in [4.78, 5) is 21.9. The van der Waals surface area contributed by atoms with Crippen molar-refractivity contribution in [2.75, 3.05) is 0 Å². The standard InChI is InChI=1S/C13H12FNO4/c14-10-6-7-11(15(17)18)12(8-10)19-13(16)9-4-2-1-3-5-9/h1-2,6-9H,3-5H2. The van der Waals surface area contributed by atoms with Crippen LogP contribution in [0.5, 0.6) is 5.75 Å². The van der Waals surface area contributed by atoms with Crippen LogP contribution in [0.3, 0.4) is 0 Å². The fraction of sp³-hybridized carbons (Fsp3) is 0.308. The zero-order valence-electron chi connectivity index (χ0n) is 10.0. The number of nitro groups is 1. The van der Waals surface area contributed by atoms with Gasteiger partial charge in [0, 0.05) is 12.1 Å². The number of nitro benzene ring substituents is 1. The first-order valence-corrected chi connectivity index (χ1v) is 5.88. The Morgan fingerprint density at radius 3 is 2.84 bits per heavy atom. The van der Waals surface area contributed by atoms with E-state index >= 15 is 0 Å². The Hall–Kier alpha value is -2.24. The fourth-order valence-corrected chi connectivity index (χ4v) is 1.92. The van der Waals surface area contributed by atoms with E-state index in [1.54, 1.807) is 0 Å². The molecule has 0 bridgehead atoms. The second-order valence-electron chi connectivity index (χ2n) is 4.27. The molecule has 0 N–H and O–H groups in total. The third-order valence-electron chi connectivity index (χ3n) is 2.93. The molecule has 1 aromatic carbocycles. The summed E-state index contributed by atoms with van der Waals surface area (Å²) in [5.41, 5.74) is -0.416. The predicted octanol–water partition coefficient (Wildman–Crippen LogP) is 3.00. The molecule has 0 aromatic heterocycles. The predicted molar refractivity (Wildman–Crippen MR) is 65.2 cm³/mol. The van der Waals surface area contributed by atoms with Crippen LogP contribution in [0.4, 0.5) is 10.1 Å². The molecule has 5 nitrogen and oxygen atoms in total. The van der Waals surface area contributed by atoms with Crippen molar-refractivity contribution in [3.05, 3.63) is 46.3 Å². The first-order valence-electron chi connectivity index (χ1n) is 5.88. The number of halogens is 1. The Morgan fingerprint density at radius 1 is 1.42 bits per heavy atom. The average Bonchev–Trinajstić information content (AvgIpc) is 2.39. The normalized spacial score (nSPS) is 18.1. The van der Waals surface area contributed by atoms with Gasteiger partial charge in [0.1, 0.15) is 5.82 Å². The molecule has 2 rings (SSSR count). The zero-order chi connectivity index (χ0) is 13.8. The molecule has 0 spiro atoms. The van der Waals surface area contributed by atoms with Gasteiger partial charge in [0.2, 0.25) is 5.75 Å². The number of ether oxygens (including phenoxy) is 1. The number of esters is 1. The van der Waals surface area contributed by atoms with Gasteiger partial charge in [-0.15, -0.1) is 0 Å². The smallest absolute Gasteiger partial charge is 0.314 e. The molecule has 0 aliphatic heterocycles. The van der Waals surface area contributed by atoms with Crippen molar-refractivity contribution >= 4 is 11.7 Å². The number of nitrogens with zero attached hydrogens (tertiary/aromatic N) is 1. The Labute approximate surface area is 108 Å². The van der Waals surface area contributed by atoms with E-state index in [1.165, 1.54) is 0 Å². The molecular formula is C13H12FNO4. The lowest BCUT2D eigenvalue weighted by atomic mass is 9.95. The zero-order valence-corrected chi connectivity index (χ0v) is 10.0. The Bertz CT molecular complexity index is 541. The largest absolute Gasteiger partial charge is 0.419 e. The van der Waals surface area contributed by atoms with Crippen LogP contribution in [-0.2, 0) is 4.79 Å². The third kappa shape index (κ3) is 3.15. The Balaban J connectivity index is 2.17. The Morgan fingerprint density at radius 2 is 2.21 bits per heavy atom. The maximum atomic E-state index is 13.1. The summed E-state index contributed by atoms with van der Waals surface area (Å²) < 4.78 is 18.1. The van der Waals surface area contributed by atoms with E-state index in [0.29, 0.717) is 12.8 Å². The molecule has 0 heterocycles. The molecule has 1 atom stereocenters. The molecular weight excluding hydrogens is 253 g/mol. The molecule has 1 aliphatic carbocycles. The molecule has 0 saturated carbocycles. The SMILES string of the molecule is O=C(Oc1cc(F)ccc1[N+](=O)[O-])C1CC=CCC1. The molecule has 0 fully saturated rings. The topological polar surface area (TPSA) is 69.4 Å². The summed E-state index contributed by atoms with van der Waals surface area (Å²) in [6, 6.07) is 2.80. The highest BCUT2D eigenvalue weighted by Gasteiger charge is 2.24. The van der Waals surface area contributed by atoms with Crippen molar-refractivity contribution < 1.29 is 18.8 Å². The van der Waals surface area contributed by atoms with Crippen LogP contribution < -0.4 is 4.74 Å². The van der Waals surface area contributed by atoms with Gasteiger partial charge in [-0.1, -0.05) is 12.2 Å². The molecule has 19 heavy (non-hydrogen) atoms. The quantitative estimate of drug-likeness (QED) is 0.277. The number of carbonyl (C=O) groups is 1. The van der Waals surface area contributed by atoms with Gasteiger partial charge in [-0.2, -0.15) is 0 Å².